The van der Waals surface area contributed by atoms with E-state index in [0.717, 1.165) is 41.5 Å². The highest BCUT2D eigenvalue weighted by Gasteiger charge is 2.36. The number of nitrogens with zero attached hydrogens (tertiary/aromatic N) is 3. The van der Waals surface area contributed by atoms with Crippen molar-refractivity contribution < 1.29 is 4.74 Å². The molecular weight excluding hydrogens is 236 g/mol. The average Bonchev–Trinajstić information content (AvgIpc) is 2.84. The molecule has 1 aliphatic rings. The number of nitrogens with two attached hydrogens (primary N) is 1. The number of thiazole rings is 1. The smallest absolute Gasteiger partial charge is 0.189 e. The van der Waals surface area contributed by atoms with Gasteiger partial charge in [-0.25, -0.2) is 15.0 Å². The van der Waals surface area contributed by atoms with Gasteiger partial charge in [-0.05, 0) is 12.8 Å². The van der Waals surface area contributed by atoms with E-state index in [4.69, 9.17) is 10.5 Å². The summed E-state index contributed by atoms with van der Waals surface area (Å²) >= 11 is 1.61. The van der Waals surface area contributed by atoms with Gasteiger partial charge in [0.05, 0.1) is 0 Å². The maximum Gasteiger partial charge on any atom is 0.189 e. The first-order valence-corrected chi connectivity index (χ1v) is 6.52. The van der Waals surface area contributed by atoms with Crippen LogP contribution in [0.1, 0.15) is 17.8 Å². The zero-order valence-electron chi connectivity index (χ0n) is 9.43. The van der Waals surface area contributed by atoms with Crippen molar-refractivity contribution in [3.05, 3.63) is 17.4 Å². The molecule has 1 fully saturated rings. The summed E-state index contributed by atoms with van der Waals surface area (Å²) in [6, 6.07) is 0. The maximum atomic E-state index is 5.96. The monoisotopic (exact) mass is 250 g/mol. The second kappa shape index (κ2) is 4.29. The third-order valence-corrected chi connectivity index (χ3v) is 4.54. The molecule has 3 heterocycles. The van der Waals surface area contributed by atoms with Crippen LogP contribution in [0.4, 0.5) is 0 Å². The highest BCUT2D eigenvalue weighted by molar-refractivity contribution is 7.18. The number of hydrogen-bond donors (Lipinski definition) is 1. The van der Waals surface area contributed by atoms with Gasteiger partial charge in [0.25, 0.3) is 0 Å². The van der Waals surface area contributed by atoms with Gasteiger partial charge >= 0.3 is 0 Å². The quantitative estimate of drug-likeness (QED) is 0.863. The molecule has 1 aliphatic heterocycles. The number of rotatable bonds is 2. The van der Waals surface area contributed by atoms with Crippen LogP contribution >= 0.6 is 11.3 Å². The fourth-order valence-corrected chi connectivity index (χ4v) is 3.29. The third kappa shape index (κ3) is 1.82. The Hall–Kier alpha value is -1.11. The van der Waals surface area contributed by atoms with Crippen molar-refractivity contribution >= 4 is 21.8 Å². The van der Waals surface area contributed by atoms with Crippen LogP contribution in [0, 0.1) is 0 Å². The largest absolute Gasteiger partial charge is 0.381 e. The Kier molecular flexibility index (Phi) is 2.78. The summed E-state index contributed by atoms with van der Waals surface area (Å²) in [4.78, 5) is 14.0. The second-order valence-electron chi connectivity index (χ2n) is 4.30. The van der Waals surface area contributed by atoms with Crippen molar-refractivity contribution in [2.75, 3.05) is 19.8 Å². The molecule has 2 N–H and O–H groups in total. The Morgan fingerprint density at radius 2 is 2.06 bits per heavy atom. The minimum absolute atomic E-state index is 0.0364. The fraction of sp³-hybridized carbons (Fsp3) is 0.545. The molecule has 0 aliphatic carbocycles. The van der Waals surface area contributed by atoms with Crippen molar-refractivity contribution in [2.24, 2.45) is 5.73 Å². The second-order valence-corrected chi connectivity index (χ2v) is 5.28. The van der Waals surface area contributed by atoms with Crippen molar-refractivity contribution in [3.63, 3.8) is 0 Å². The van der Waals surface area contributed by atoms with Crippen LogP contribution < -0.4 is 5.73 Å². The number of fused-ring (bicyclic) bond motifs is 1. The van der Waals surface area contributed by atoms with Gasteiger partial charge in [0.2, 0.25) is 0 Å². The molecule has 1 saturated heterocycles. The summed E-state index contributed by atoms with van der Waals surface area (Å²) in [6.07, 6.45) is 5.24. The lowest BCUT2D eigenvalue weighted by Crippen LogP contribution is -2.40. The molecule has 0 amide bonds. The van der Waals surface area contributed by atoms with Crippen molar-refractivity contribution in [2.45, 2.75) is 18.3 Å². The fourth-order valence-electron chi connectivity index (χ4n) is 2.17. The maximum absolute atomic E-state index is 5.96. The van der Waals surface area contributed by atoms with E-state index in [1.165, 1.54) is 0 Å². The summed E-state index contributed by atoms with van der Waals surface area (Å²) in [6.45, 7) is 2.12. The van der Waals surface area contributed by atoms with Crippen LogP contribution in [0.15, 0.2) is 12.4 Å². The van der Waals surface area contributed by atoms with Crippen LogP contribution in [0.3, 0.4) is 0 Å². The Bertz CT molecular complexity index is 488. The molecule has 0 atom stereocenters. The molecule has 0 unspecified atom stereocenters. The lowest BCUT2D eigenvalue weighted by atomic mass is 9.81. The normalized spacial score (nSPS) is 19.6. The SMILES string of the molecule is NCC1(c2nc3nccnc3s2)CCOCC1. The Morgan fingerprint density at radius 3 is 2.76 bits per heavy atom. The molecule has 6 heteroatoms. The molecule has 90 valence electrons. The molecule has 0 aromatic carbocycles. The lowest BCUT2D eigenvalue weighted by molar-refractivity contribution is 0.0529. The standard InChI is InChI=1S/C11H14N4OS/c12-7-11(1-5-16-6-2-11)10-15-8-9(17-10)14-4-3-13-8/h3-4H,1-2,5-7,12H2. The van der Waals surface area contributed by atoms with Gasteiger partial charge in [-0.1, -0.05) is 11.3 Å². The van der Waals surface area contributed by atoms with Gasteiger partial charge in [-0.3, -0.25) is 0 Å². The van der Waals surface area contributed by atoms with E-state index >= 15 is 0 Å². The first-order chi connectivity index (χ1) is 8.34. The molecule has 0 saturated carbocycles. The van der Waals surface area contributed by atoms with Gasteiger partial charge in [0.15, 0.2) is 10.5 Å². The Labute approximate surface area is 103 Å². The minimum Gasteiger partial charge on any atom is -0.381 e. The average molecular weight is 250 g/mol. The Balaban J connectivity index is 2.05. The van der Waals surface area contributed by atoms with Crippen molar-refractivity contribution in [1.29, 1.82) is 0 Å². The van der Waals surface area contributed by atoms with E-state index in [2.05, 4.69) is 15.0 Å². The van der Waals surface area contributed by atoms with Crippen LogP contribution in [0.5, 0.6) is 0 Å². The summed E-state index contributed by atoms with van der Waals surface area (Å²) in [7, 11) is 0. The summed E-state index contributed by atoms with van der Waals surface area (Å²) in [5.41, 5.74) is 6.65. The molecule has 2 aromatic heterocycles. The predicted molar refractivity (Wildman–Crippen MR) is 66.0 cm³/mol. The topological polar surface area (TPSA) is 73.9 Å². The van der Waals surface area contributed by atoms with Crippen LogP contribution in [-0.2, 0) is 10.2 Å². The molecule has 3 rings (SSSR count). The minimum atomic E-state index is -0.0364. The first kappa shape index (κ1) is 11.0. The highest BCUT2D eigenvalue weighted by atomic mass is 32.1. The van der Waals surface area contributed by atoms with E-state index < -0.39 is 0 Å². The number of aromatic nitrogens is 3. The van der Waals surface area contributed by atoms with Crippen molar-refractivity contribution in [1.82, 2.24) is 15.0 Å². The van der Waals surface area contributed by atoms with E-state index in [1.54, 1.807) is 23.7 Å². The zero-order chi connectivity index (χ0) is 11.7. The van der Waals surface area contributed by atoms with E-state index in [9.17, 15) is 0 Å². The predicted octanol–water partition coefficient (Wildman–Crippen LogP) is 1.09. The molecule has 0 bridgehead atoms. The van der Waals surface area contributed by atoms with Gasteiger partial charge < -0.3 is 10.5 Å². The summed E-state index contributed by atoms with van der Waals surface area (Å²) in [5, 5.41) is 1.06. The first-order valence-electron chi connectivity index (χ1n) is 5.70. The van der Waals surface area contributed by atoms with Crippen LogP contribution in [-0.4, -0.2) is 34.7 Å². The van der Waals surface area contributed by atoms with Gasteiger partial charge in [-0.2, -0.15) is 0 Å². The molecule has 17 heavy (non-hydrogen) atoms. The van der Waals surface area contributed by atoms with Gasteiger partial charge in [0.1, 0.15) is 5.01 Å². The number of ether oxygens (including phenoxy) is 1. The number of hydrogen-bond acceptors (Lipinski definition) is 6. The van der Waals surface area contributed by atoms with Crippen LogP contribution in [0.2, 0.25) is 0 Å². The van der Waals surface area contributed by atoms with Gasteiger partial charge in [-0.15, -0.1) is 0 Å². The summed E-state index contributed by atoms with van der Waals surface area (Å²) < 4.78 is 5.41. The van der Waals surface area contributed by atoms with E-state index in [1.807, 2.05) is 0 Å². The van der Waals surface area contributed by atoms with Gasteiger partial charge in [0, 0.05) is 37.6 Å². The molecule has 0 radical (unpaired) electrons. The molecule has 5 nitrogen and oxygen atoms in total. The van der Waals surface area contributed by atoms with Crippen LogP contribution in [0.25, 0.3) is 10.5 Å². The zero-order valence-corrected chi connectivity index (χ0v) is 10.2. The van der Waals surface area contributed by atoms with E-state index in [-0.39, 0.29) is 5.41 Å². The summed E-state index contributed by atoms with van der Waals surface area (Å²) in [5.74, 6) is 0. The highest BCUT2D eigenvalue weighted by Crippen LogP contribution is 2.37. The lowest BCUT2D eigenvalue weighted by Gasteiger charge is -2.33. The van der Waals surface area contributed by atoms with Crippen molar-refractivity contribution in [3.8, 4) is 0 Å². The molecular formula is C11H14N4OS. The molecule has 0 spiro atoms. The third-order valence-electron chi connectivity index (χ3n) is 3.34. The van der Waals surface area contributed by atoms with E-state index in [0.29, 0.717) is 6.54 Å². The molecule has 2 aromatic rings. The Morgan fingerprint density at radius 1 is 1.29 bits per heavy atom.